The van der Waals surface area contributed by atoms with Crippen molar-refractivity contribution in [3.05, 3.63) is 0 Å². The van der Waals surface area contributed by atoms with E-state index in [1.165, 1.54) is 0 Å². The van der Waals surface area contributed by atoms with Gasteiger partial charge in [0.15, 0.2) is 0 Å². The third-order valence-electron chi connectivity index (χ3n) is 0.533. The Labute approximate surface area is 46.9 Å². The molecule has 0 aromatic heterocycles. The van der Waals surface area contributed by atoms with Crippen LogP contribution < -0.4 is 0 Å². The van der Waals surface area contributed by atoms with Crippen LogP contribution in [-0.4, -0.2) is 20.1 Å². The Morgan fingerprint density at radius 3 is 1.71 bits per heavy atom. The number of halogens is 3. The molecule has 0 aliphatic heterocycles. The van der Waals surface area contributed by atoms with Crippen LogP contribution in [0.2, 0.25) is 4.44 Å². The summed E-state index contributed by atoms with van der Waals surface area (Å²) in [4.78, 5) is 0. The van der Waals surface area contributed by atoms with Crippen LogP contribution in [0.3, 0.4) is 0 Å². The van der Waals surface area contributed by atoms with E-state index < -0.39 is 24.5 Å². The molecule has 0 bridgehead atoms. The first kappa shape index (κ1) is 7.59. The van der Waals surface area contributed by atoms with Gasteiger partial charge >= 0.3 is 46.5 Å². The topological polar surface area (TPSA) is 0 Å². The molecule has 0 nitrogen and oxygen atoms in total. The SMILES string of the molecule is CC[CH2][Sn]([F])([F])[F]. The third-order valence-corrected chi connectivity index (χ3v) is 3.58. The Hall–Kier alpha value is 0.589. The summed E-state index contributed by atoms with van der Waals surface area (Å²) < 4.78 is 33.3. The standard InChI is InChI=1S/C3H7.3FH.Sn/c1-3-2;;;;/h1,3H2,2H3;3*1H;/q;;;;+3/p-3. The molecule has 0 saturated heterocycles. The van der Waals surface area contributed by atoms with Crippen molar-refractivity contribution in [1.29, 1.82) is 0 Å². The summed E-state index contributed by atoms with van der Waals surface area (Å²) in [6, 6.07) is 0. The van der Waals surface area contributed by atoms with Crippen molar-refractivity contribution in [2.24, 2.45) is 0 Å². The van der Waals surface area contributed by atoms with Gasteiger partial charge in [0.05, 0.1) is 0 Å². The molecule has 0 amide bonds. The van der Waals surface area contributed by atoms with E-state index in [1.807, 2.05) is 0 Å². The van der Waals surface area contributed by atoms with E-state index in [0.717, 1.165) is 0 Å². The van der Waals surface area contributed by atoms with Crippen LogP contribution in [0, 0.1) is 0 Å². The number of rotatable bonds is 2. The summed E-state index contributed by atoms with van der Waals surface area (Å²) in [5, 5.41) is 0. The molecule has 0 spiro atoms. The van der Waals surface area contributed by atoms with Gasteiger partial charge in [0.1, 0.15) is 0 Å². The van der Waals surface area contributed by atoms with Gasteiger partial charge in [-0.3, -0.25) is 0 Å². The fourth-order valence-electron chi connectivity index (χ4n) is 0.283. The van der Waals surface area contributed by atoms with Crippen molar-refractivity contribution in [3.63, 3.8) is 0 Å². The van der Waals surface area contributed by atoms with Gasteiger partial charge in [0, 0.05) is 0 Å². The van der Waals surface area contributed by atoms with Crippen molar-refractivity contribution in [2.45, 2.75) is 17.8 Å². The fourth-order valence-corrected chi connectivity index (χ4v) is 1.90. The first-order valence-corrected chi connectivity index (χ1v) is 7.38. The van der Waals surface area contributed by atoms with Crippen molar-refractivity contribution in [2.75, 3.05) is 0 Å². The van der Waals surface area contributed by atoms with E-state index >= 15 is 0 Å². The van der Waals surface area contributed by atoms with E-state index in [1.54, 1.807) is 6.92 Å². The Bertz CT molecular complexity index is 48.6. The molecule has 0 N–H and O–H groups in total. The van der Waals surface area contributed by atoms with Crippen LogP contribution in [0.5, 0.6) is 0 Å². The molecule has 0 aromatic rings. The molecular weight excluding hydrogens is 212 g/mol. The third kappa shape index (κ3) is 6.59. The number of hydrogen-bond acceptors (Lipinski definition) is 0. The molecular formula is C3H7F3Sn. The van der Waals surface area contributed by atoms with Crippen molar-refractivity contribution in [1.82, 2.24) is 0 Å². The van der Waals surface area contributed by atoms with Crippen LogP contribution in [0.25, 0.3) is 0 Å². The summed E-state index contributed by atoms with van der Waals surface area (Å²) in [6.07, 6.45) is 0.277. The zero-order chi connectivity index (χ0) is 5.91. The van der Waals surface area contributed by atoms with Gasteiger partial charge in [0.2, 0.25) is 0 Å². The Balaban J connectivity index is 3.15. The van der Waals surface area contributed by atoms with Crippen LogP contribution in [0.15, 0.2) is 0 Å². The fraction of sp³-hybridized carbons (Fsp3) is 1.00. The Kier molecular flexibility index (Phi) is 3.02. The average Bonchev–Trinajstić information content (AvgIpc) is 1.30. The molecule has 0 radical (unpaired) electrons. The maximum atomic E-state index is 11.3. The van der Waals surface area contributed by atoms with Gasteiger partial charge in [-0.15, -0.1) is 0 Å². The second-order valence-electron chi connectivity index (χ2n) is 1.37. The van der Waals surface area contributed by atoms with Crippen LogP contribution >= 0.6 is 0 Å². The number of hydrogen-bond donors (Lipinski definition) is 0. The molecule has 44 valence electrons. The molecule has 0 rings (SSSR count). The van der Waals surface area contributed by atoms with E-state index in [0.29, 0.717) is 0 Å². The monoisotopic (exact) mass is 220 g/mol. The summed E-state index contributed by atoms with van der Waals surface area (Å²) in [6.45, 7) is 1.56. The molecule has 0 fully saturated rings. The van der Waals surface area contributed by atoms with Gasteiger partial charge in [0.25, 0.3) is 0 Å². The van der Waals surface area contributed by atoms with Crippen LogP contribution in [-0.2, 0) is 0 Å². The molecule has 0 heterocycles. The first-order valence-electron chi connectivity index (χ1n) is 2.13. The van der Waals surface area contributed by atoms with Crippen LogP contribution in [0.1, 0.15) is 13.3 Å². The Morgan fingerprint density at radius 1 is 1.29 bits per heavy atom. The van der Waals surface area contributed by atoms with Gasteiger partial charge in [-0.25, -0.2) is 0 Å². The van der Waals surface area contributed by atoms with Gasteiger partial charge < -0.3 is 0 Å². The zero-order valence-electron chi connectivity index (χ0n) is 4.05. The van der Waals surface area contributed by atoms with Crippen molar-refractivity contribution in [3.8, 4) is 0 Å². The molecule has 0 atom stereocenters. The van der Waals surface area contributed by atoms with E-state index in [2.05, 4.69) is 0 Å². The van der Waals surface area contributed by atoms with Gasteiger partial charge in [-0.2, -0.15) is 0 Å². The second kappa shape index (κ2) is 2.79. The van der Waals surface area contributed by atoms with Crippen molar-refractivity contribution >= 4 is 20.1 Å². The maximum absolute atomic E-state index is 11.3. The zero-order valence-corrected chi connectivity index (χ0v) is 6.90. The summed E-state index contributed by atoms with van der Waals surface area (Å²) >= 11 is -5.78. The summed E-state index contributed by atoms with van der Waals surface area (Å²) in [5.41, 5.74) is 0. The Morgan fingerprint density at radius 2 is 1.71 bits per heavy atom. The van der Waals surface area contributed by atoms with Crippen LogP contribution in [0.4, 0.5) is 8.60 Å². The minimum absolute atomic E-state index is 0.277. The van der Waals surface area contributed by atoms with Crippen molar-refractivity contribution < 1.29 is 8.60 Å². The molecule has 0 saturated carbocycles. The predicted molar refractivity (Wildman–Crippen MR) is 24.2 cm³/mol. The van der Waals surface area contributed by atoms with E-state index in [9.17, 15) is 8.60 Å². The molecule has 0 unspecified atom stereocenters. The average molecular weight is 219 g/mol. The quantitative estimate of drug-likeness (QED) is 0.624. The predicted octanol–water partition coefficient (Wildman–Crippen LogP) is 2.24. The normalized spacial score (nSPS) is 12.0. The summed E-state index contributed by atoms with van der Waals surface area (Å²) in [7, 11) is 0. The molecule has 7 heavy (non-hydrogen) atoms. The van der Waals surface area contributed by atoms with E-state index in [-0.39, 0.29) is 6.42 Å². The minimum atomic E-state index is -5.78. The molecule has 0 aliphatic carbocycles. The molecule has 4 heteroatoms. The molecule has 0 aromatic carbocycles. The van der Waals surface area contributed by atoms with E-state index in [4.69, 9.17) is 0 Å². The van der Waals surface area contributed by atoms with Gasteiger partial charge in [-0.1, -0.05) is 0 Å². The first-order chi connectivity index (χ1) is 3.06. The summed E-state index contributed by atoms with van der Waals surface area (Å²) in [5.74, 6) is 0. The second-order valence-corrected chi connectivity index (χ2v) is 6.30. The van der Waals surface area contributed by atoms with Gasteiger partial charge in [-0.05, 0) is 0 Å². The molecule has 0 aliphatic rings.